The second kappa shape index (κ2) is 4.87. The highest BCUT2D eigenvalue weighted by molar-refractivity contribution is 5.94. The fourth-order valence-electron chi connectivity index (χ4n) is 2.56. The molecule has 0 saturated heterocycles. The number of rotatable bonds is 2. The molecule has 0 radical (unpaired) electrons. The van der Waals surface area contributed by atoms with Crippen molar-refractivity contribution in [3.05, 3.63) is 72.3 Å². The van der Waals surface area contributed by atoms with Gasteiger partial charge >= 0.3 is 0 Å². The summed E-state index contributed by atoms with van der Waals surface area (Å²) < 4.78 is 0. The monoisotopic (exact) mass is 271 g/mol. The summed E-state index contributed by atoms with van der Waals surface area (Å²) in [6.07, 6.45) is 9.74. The van der Waals surface area contributed by atoms with Crippen LogP contribution >= 0.6 is 0 Å². The summed E-state index contributed by atoms with van der Waals surface area (Å²) in [5, 5.41) is 3.48. The van der Waals surface area contributed by atoms with E-state index in [1.54, 1.807) is 6.20 Å². The van der Waals surface area contributed by atoms with E-state index in [-0.39, 0.29) is 0 Å². The largest absolute Gasteiger partial charge is 0.346 e. The first-order chi connectivity index (χ1) is 10.4. The van der Waals surface area contributed by atoms with Crippen LogP contribution in [0.15, 0.2) is 61.1 Å². The third-order valence-corrected chi connectivity index (χ3v) is 3.61. The Kier molecular flexibility index (Phi) is 2.75. The van der Waals surface area contributed by atoms with Gasteiger partial charge in [-0.1, -0.05) is 30.3 Å². The second-order valence-electron chi connectivity index (χ2n) is 4.89. The molecule has 0 fully saturated rings. The summed E-state index contributed by atoms with van der Waals surface area (Å²) in [4.78, 5) is 12.0. The Balaban J connectivity index is 1.81. The van der Waals surface area contributed by atoms with Crippen LogP contribution in [0.1, 0.15) is 11.3 Å². The van der Waals surface area contributed by atoms with E-state index in [9.17, 15) is 0 Å². The van der Waals surface area contributed by atoms with Crippen molar-refractivity contribution in [2.75, 3.05) is 0 Å². The van der Waals surface area contributed by atoms with Crippen LogP contribution in [0.5, 0.6) is 0 Å². The summed E-state index contributed by atoms with van der Waals surface area (Å²) in [5.41, 5.74) is 3.00. The minimum Gasteiger partial charge on any atom is -0.346 e. The quantitative estimate of drug-likeness (QED) is 0.591. The molecule has 21 heavy (non-hydrogen) atoms. The Morgan fingerprint density at radius 1 is 0.810 bits per heavy atom. The molecule has 0 aliphatic carbocycles. The second-order valence-corrected chi connectivity index (χ2v) is 4.89. The average Bonchev–Trinajstić information content (AvgIpc) is 2.96. The standard InChI is InChI=1S/C18H13N3/c1-2-5-15-13(4-1)9-11-19-17(15)8-7-14-12-21-18-16(14)6-3-10-20-18/h1-12H,(H,20,21)/b8-7+. The van der Waals surface area contributed by atoms with Gasteiger partial charge in [0.15, 0.2) is 0 Å². The maximum absolute atomic E-state index is 4.47. The molecular weight excluding hydrogens is 258 g/mol. The predicted molar refractivity (Wildman–Crippen MR) is 86.8 cm³/mol. The zero-order valence-corrected chi connectivity index (χ0v) is 11.3. The van der Waals surface area contributed by atoms with E-state index >= 15 is 0 Å². The third kappa shape index (κ3) is 2.09. The number of nitrogens with one attached hydrogen (secondary N) is 1. The van der Waals surface area contributed by atoms with Crippen LogP contribution in [0, 0.1) is 0 Å². The molecule has 0 atom stereocenters. The Labute approximate surface area is 122 Å². The van der Waals surface area contributed by atoms with Gasteiger partial charge in [-0.05, 0) is 29.7 Å². The lowest BCUT2D eigenvalue weighted by Gasteiger charge is -2.00. The van der Waals surface area contributed by atoms with Crippen molar-refractivity contribution >= 4 is 34.0 Å². The molecule has 0 amide bonds. The van der Waals surface area contributed by atoms with Gasteiger partial charge in [-0.15, -0.1) is 0 Å². The molecule has 0 aliphatic heterocycles. The van der Waals surface area contributed by atoms with Crippen molar-refractivity contribution in [2.45, 2.75) is 0 Å². The number of fused-ring (bicyclic) bond motifs is 2. The van der Waals surface area contributed by atoms with E-state index in [1.807, 2.05) is 36.7 Å². The Hall–Kier alpha value is -2.94. The lowest BCUT2D eigenvalue weighted by molar-refractivity contribution is 1.32. The normalized spacial score (nSPS) is 11.6. The van der Waals surface area contributed by atoms with E-state index in [0.717, 1.165) is 27.7 Å². The number of hydrogen-bond acceptors (Lipinski definition) is 2. The van der Waals surface area contributed by atoms with Gasteiger partial charge in [0.1, 0.15) is 5.65 Å². The molecule has 1 aromatic carbocycles. The molecule has 0 saturated carbocycles. The van der Waals surface area contributed by atoms with Crippen LogP contribution in [-0.2, 0) is 0 Å². The van der Waals surface area contributed by atoms with Gasteiger partial charge in [0, 0.05) is 34.9 Å². The van der Waals surface area contributed by atoms with E-state index in [2.05, 4.69) is 45.3 Å². The molecule has 0 spiro atoms. The molecule has 3 aromatic heterocycles. The van der Waals surface area contributed by atoms with Crippen molar-refractivity contribution in [3.8, 4) is 0 Å². The molecule has 0 aliphatic rings. The van der Waals surface area contributed by atoms with Gasteiger partial charge in [0.2, 0.25) is 0 Å². The molecule has 100 valence electrons. The lowest BCUT2D eigenvalue weighted by atomic mass is 10.1. The fourth-order valence-corrected chi connectivity index (χ4v) is 2.56. The summed E-state index contributed by atoms with van der Waals surface area (Å²) in [7, 11) is 0. The van der Waals surface area contributed by atoms with Crippen LogP contribution < -0.4 is 0 Å². The van der Waals surface area contributed by atoms with Crippen molar-refractivity contribution in [2.24, 2.45) is 0 Å². The maximum atomic E-state index is 4.47. The smallest absolute Gasteiger partial charge is 0.137 e. The predicted octanol–water partition coefficient (Wildman–Crippen LogP) is 4.28. The number of aromatic nitrogens is 3. The summed E-state index contributed by atoms with van der Waals surface area (Å²) in [6.45, 7) is 0. The molecule has 4 rings (SSSR count). The molecule has 3 heterocycles. The van der Waals surface area contributed by atoms with Gasteiger partial charge in [0.05, 0.1) is 5.69 Å². The van der Waals surface area contributed by atoms with Crippen molar-refractivity contribution in [3.63, 3.8) is 0 Å². The number of H-pyrrole nitrogens is 1. The van der Waals surface area contributed by atoms with E-state index in [4.69, 9.17) is 0 Å². The fraction of sp³-hybridized carbons (Fsp3) is 0. The Bertz CT molecular complexity index is 945. The number of benzene rings is 1. The highest BCUT2D eigenvalue weighted by atomic mass is 14.8. The molecule has 0 unspecified atom stereocenters. The van der Waals surface area contributed by atoms with Gasteiger partial charge < -0.3 is 4.98 Å². The number of nitrogens with zero attached hydrogens (tertiary/aromatic N) is 2. The molecular formula is C18H13N3. The topological polar surface area (TPSA) is 41.6 Å². The molecule has 4 aromatic rings. The SMILES string of the molecule is C(=C\c1c[nH]c2ncccc12)/c1nccc2ccccc12. The zero-order chi connectivity index (χ0) is 14.1. The zero-order valence-electron chi connectivity index (χ0n) is 11.3. The van der Waals surface area contributed by atoms with Gasteiger partial charge in [-0.2, -0.15) is 0 Å². The third-order valence-electron chi connectivity index (χ3n) is 3.61. The lowest BCUT2D eigenvalue weighted by Crippen LogP contribution is -1.82. The van der Waals surface area contributed by atoms with Crippen LogP contribution in [0.4, 0.5) is 0 Å². The van der Waals surface area contributed by atoms with Gasteiger partial charge in [-0.25, -0.2) is 4.98 Å². The molecule has 3 heteroatoms. The summed E-state index contributed by atoms with van der Waals surface area (Å²) >= 11 is 0. The highest BCUT2D eigenvalue weighted by Gasteiger charge is 2.01. The van der Waals surface area contributed by atoms with Crippen molar-refractivity contribution in [1.29, 1.82) is 0 Å². The van der Waals surface area contributed by atoms with Crippen molar-refractivity contribution < 1.29 is 0 Å². The molecule has 1 N–H and O–H groups in total. The van der Waals surface area contributed by atoms with E-state index in [0.29, 0.717) is 0 Å². The molecule has 0 bridgehead atoms. The van der Waals surface area contributed by atoms with Crippen LogP contribution in [0.2, 0.25) is 0 Å². The Morgan fingerprint density at radius 3 is 2.71 bits per heavy atom. The van der Waals surface area contributed by atoms with E-state index < -0.39 is 0 Å². The van der Waals surface area contributed by atoms with Crippen LogP contribution in [-0.4, -0.2) is 15.0 Å². The van der Waals surface area contributed by atoms with E-state index in [1.165, 1.54) is 5.39 Å². The summed E-state index contributed by atoms with van der Waals surface area (Å²) in [6, 6.07) is 14.3. The summed E-state index contributed by atoms with van der Waals surface area (Å²) in [5.74, 6) is 0. The number of hydrogen-bond donors (Lipinski definition) is 1. The first-order valence-corrected chi connectivity index (χ1v) is 6.86. The van der Waals surface area contributed by atoms with Gasteiger partial charge in [-0.3, -0.25) is 4.98 Å². The molecule has 3 nitrogen and oxygen atoms in total. The number of pyridine rings is 2. The maximum Gasteiger partial charge on any atom is 0.137 e. The first kappa shape index (κ1) is 11.9. The first-order valence-electron chi connectivity index (χ1n) is 6.86. The Morgan fingerprint density at radius 2 is 1.71 bits per heavy atom. The van der Waals surface area contributed by atoms with Crippen molar-refractivity contribution in [1.82, 2.24) is 15.0 Å². The minimum absolute atomic E-state index is 0.906. The van der Waals surface area contributed by atoms with Gasteiger partial charge in [0.25, 0.3) is 0 Å². The highest BCUT2D eigenvalue weighted by Crippen LogP contribution is 2.21. The van der Waals surface area contributed by atoms with Crippen LogP contribution in [0.3, 0.4) is 0 Å². The van der Waals surface area contributed by atoms with Crippen LogP contribution in [0.25, 0.3) is 34.0 Å². The average molecular weight is 271 g/mol. The number of aromatic amines is 1. The minimum atomic E-state index is 0.906.